The van der Waals surface area contributed by atoms with Crippen molar-refractivity contribution in [1.29, 1.82) is 0 Å². The highest BCUT2D eigenvalue weighted by Gasteiger charge is 2.48. The molecule has 1 aliphatic rings. The van der Waals surface area contributed by atoms with Crippen LogP contribution in [0, 0.1) is 13.8 Å². The number of furan rings is 1. The second-order valence-electron chi connectivity index (χ2n) is 7.08. The topological polar surface area (TPSA) is 70.8 Å². The van der Waals surface area contributed by atoms with Crippen LogP contribution in [0.2, 0.25) is 10.0 Å². The average Bonchev–Trinajstić information content (AvgIpc) is 3.33. The van der Waals surface area contributed by atoms with Crippen molar-refractivity contribution in [3.63, 3.8) is 0 Å². The van der Waals surface area contributed by atoms with Gasteiger partial charge in [-0.1, -0.05) is 29.3 Å². The summed E-state index contributed by atoms with van der Waals surface area (Å²) >= 11 is 12.0. The van der Waals surface area contributed by atoms with Gasteiger partial charge in [0.25, 0.3) is 11.7 Å². The maximum Gasteiger partial charge on any atom is 0.300 e. The van der Waals surface area contributed by atoms with Gasteiger partial charge in [0.05, 0.1) is 21.9 Å². The van der Waals surface area contributed by atoms with Gasteiger partial charge in [-0.25, -0.2) is 0 Å². The van der Waals surface area contributed by atoms with E-state index in [1.54, 1.807) is 18.2 Å². The lowest BCUT2D eigenvalue weighted by atomic mass is 9.99. The first-order valence-electron chi connectivity index (χ1n) is 9.16. The molecule has 5 nitrogen and oxygen atoms in total. The van der Waals surface area contributed by atoms with Gasteiger partial charge in [0.2, 0.25) is 0 Å². The third-order valence-corrected chi connectivity index (χ3v) is 5.96. The molecule has 4 rings (SSSR count). The summed E-state index contributed by atoms with van der Waals surface area (Å²) in [6, 6.07) is 12.4. The van der Waals surface area contributed by atoms with Crippen LogP contribution in [0.5, 0.6) is 0 Å². The maximum atomic E-state index is 13.0. The van der Waals surface area contributed by atoms with Crippen LogP contribution < -0.4 is 4.90 Å². The standard InChI is InChI=1S/C23H17Cl2NO4/c1-12-5-7-15(10-13(12)2)26-20(18-4-3-9-30-18)19(22(28)23(26)29)21(27)14-6-8-16(24)17(25)11-14/h3-11,20,27H,1-2H3/b21-19-. The number of nitrogens with zero attached hydrogens (tertiary/aromatic N) is 1. The SMILES string of the molecule is Cc1ccc(N2C(=O)C(=O)/C(=C(\O)c3ccc(Cl)c(Cl)c3)C2c2ccco2)cc1C. The van der Waals surface area contributed by atoms with Gasteiger partial charge in [0.15, 0.2) is 0 Å². The van der Waals surface area contributed by atoms with Gasteiger partial charge in [-0.2, -0.15) is 0 Å². The van der Waals surface area contributed by atoms with Gasteiger partial charge in [0.1, 0.15) is 17.6 Å². The molecule has 2 heterocycles. The zero-order valence-corrected chi connectivity index (χ0v) is 17.7. The van der Waals surface area contributed by atoms with Gasteiger partial charge in [-0.15, -0.1) is 0 Å². The molecule has 0 radical (unpaired) electrons. The lowest BCUT2D eigenvalue weighted by Gasteiger charge is -2.24. The van der Waals surface area contributed by atoms with E-state index in [9.17, 15) is 14.7 Å². The number of carbonyl (C=O) groups excluding carboxylic acids is 2. The monoisotopic (exact) mass is 441 g/mol. The van der Waals surface area contributed by atoms with Crippen molar-refractivity contribution in [2.75, 3.05) is 4.90 Å². The van der Waals surface area contributed by atoms with E-state index in [0.717, 1.165) is 11.1 Å². The Morgan fingerprint density at radius 1 is 1.00 bits per heavy atom. The van der Waals surface area contributed by atoms with E-state index >= 15 is 0 Å². The molecule has 1 saturated heterocycles. The Balaban J connectivity index is 1.93. The van der Waals surface area contributed by atoms with E-state index in [-0.39, 0.29) is 21.9 Å². The summed E-state index contributed by atoms with van der Waals surface area (Å²) in [5.74, 6) is -1.55. The first-order valence-corrected chi connectivity index (χ1v) is 9.92. The number of anilines is 1. The van der Waals surface area contributed by atoms with Crippen molar-refractivity contribution < 1.29 is 19.1 Å². The van der Waals surface area contributed by atoms with E-state index in [0.29, 0.717) is 16.5 Å². The molecule has 2 aromatic carbocycles. The number of Topliss-reactive ketones (excluding diaryl/α,β-unsaturated/α-hetero) is 1. The molecule has 0 aliphatic carbocycles. The molecule has 1 amide bonds. The highest BCUT2D eigenvalue weighted by molar-refractivity contribution is 6.51. The summed E-state index contributed by atoms with van der Waals surface area (Å²) < 4.78 is 5.54. The van der Waals surface area contributed by atoms with Crippen molar-refractivity contribution in [1.82, 2.24) is 0 Å². The molecule has 1 N–H and O–H groups in total. The number of aryl methyl sites for hydroxylation is 2. The third kappa shape index (κ3) is 3.30. The van der Waals surface area contributed by atoms with Gasteiger partial charge in [0, 0.05) is 11.3 Å². The fraction of sp³-hybridized carbons (Fsp3) is 0.130. The summed E-state index contributed by atoms with van der Waals surface area (Å²) in [6.45, 7) is 3.88. The molecule has 3 aromatic rings. The number of amides is 1. The average molecular weight is 442 g/mol. The van der Waals surface area contributed by atoms with Crippen molar-refractivity contribution in [3.8, 4) is 0 Å². The van der Waals surface area contributed by atoms with Gasteiger partial charge in [-0.3, -0.25) is 14.5 Å². The smallest absolute Gasteiger partial charge is 0.300 e. The predicted octanol–water partition coefficient (Wildman–Crippen LogP) is 5.83. The number of hydrogen-bond donors (Lipinski definition) is 1. The lowest BCUT2D eigenvalue weighted by Crippen LogP contribution is -2.29. The maximum absolute atomic E-state index is 13.0. The summed E-state index contributed by atoms with van der Waals surface area (Å²) in [5.41, 5.74) is 2.76. The summed E-state index contributed by atoms with van der Waals surface area (Å²) in [6.07, 6.45) is 1.45. The Bertz CT molecular complexity index is 1200. The van der Waals surface area contributed by atoms with Crippen LogP contribution in [0.1, 0.15) is 28.5 Å². The van der Waals surface area contributed by atoms with Crippen LogP contribution >= 0.6 is 23.2 Å². The number of aliphatic hydroxyl groups excluding tert-OH is 1. The van der Waals surface area contributed by atoms with Gasteiger partial charge < -0.3 is 9.52 Å². The first kappa shape index (κ1) is 20.3. The lowest BCUT2D eigenvalue weighted by molar-refractivity contribution is -0.132. The number of aliphatic hydroxyl groups is 1. The molecular formula is C23H17Cl2NO4. The van der Waals surface area contributed by atoms with Crippen molar-refractivity contribution >= 4 is 46.3 Å². The largest absolute Gasteiger partial charge is 0.507 e. The molecular weight excluding hydrogens is 425 g/mol. The second-order valence-corrected chi connectivity index (χ2v) is 7.90. The van der Waals surface area contributed by atoms with Crippen molar-refractivity contribution in [3.05, 3.63) is 92.9 Å². The fourth-order valence-corrected chi connectivity index (χ4v) is 3.79. The predicted molar refractivity (Wildman–Crippen MR) is 116 cm³/mol. The molecule has 1 atom stereocenters. The minimum Gasteiger partial charge on any atom is -0.507 e. The Morgan fingerprint density at radius 3 is 2.40 bits per heavy atom. The molecule has 0 bridgehead atoms. The minimum atomic E-state index is -0.920. The number of halogens is 2. The zero-order valence-electron chi connectivity index (χ0n) is 16.1. The molecule has 0 saturated carbocycles. The molecule has 152 valence electrons. The fourth-order valence-electron chi connectivity index (χ4n) is 3.49. The number of hydrogen-bond acceptors (Lipinski definition) is 4. The zero-order chi connectivity index (χ0) is 21.6. The van der Waals surface area contributed by atoms with E-state index in [2.05, 4.69) is 0 Å². The van der Waals surface area contributed by atoms with E-state index < -0.39 is 17.7 Å². The van der Waals surface area contributed by atoms with Crippen LogP contribution in [0.25, 0.3) is 5.76 Å². The Labute approximate surface area is 183 Å². The Hall–Kier alpha value is -3.02. The van der Waals surface area contributed by atoms with Crippen LogP contribution in [-0.4, -0.2) is 16.8 Å². The Kier molecular flexibility index (Phi) is 5.18. The molecule has 1 aromatic heterocycles. The Morgan fingerprint density at radius 2 is 1.77 bits per heavy atom. The summed E-state index contributed by atoms with van der Waals surface area (Å²) in [5, 5.41) is 11.5. The van der Waals surface area contributed by atoms with E-state index in [1.165, 1.54) is 29.4 Å². The van der Waals surface area contributed by atoms with Gasteiger partial charge in [-0.05, 0) is 67.4 Å². The first-order chi connectivity index (χ1) is 14.3. The third-order valence-electron chi connectivity index (χ3n) is 5.22. The van der Waals surface area contributed by atoms with E-state index in [1.807, 2.05) is 26.0 Å². The van der Waals surface area contributed by atoms with Crippen LogP contribution in [0.15, 0.2) is 64.8 Å². The molecule has 7 heteroatoms. The molecule has 30 heavy (non-hydrogen) atoms. The normalized spacial score (nSPS) is 18.3. The highest BCUT2D eigenvalue weighted by Crippen LogP contribution is 2.43. The van der Waals surface area contributed by atoms with Crippen molar-refractivity contribution in [2.45, 2.75) is 19.9 Å². The van der Waals surface area contributed by atoms with Crippen molar-refractivity contribution in [2.24, 2.45) is 0 Å². The quantitative estimate of drug-likeness (QED) is 0.315. The molecule has 0 spiro atoms. The van der Waals surface area contributed by atoms with Crippen LogP contribution in [0.3, 0.4) is 0 Å². The van der Waals surface area contributed by atoms with E-state index in [4.69, 9.17) is 27.6 Å². The molecule has 1 unspecified atom stereocenters. The molecule has 1 fully saturated rings. The van der Waals surface area contributed by atoms with Crippen LogP contribution in [0.4, 0.5) is 5.69 Å². The number of carbonyl (C=O) groups is 2. The summed E-state index contributed by atoms with van der Waals surface area (Å²) in [7, 11) is 0. The molecule has 1 aliphatic heterocycles. The highest BCUT2D eigenvalue weighted by atomic mass is 35.5. The minimum absolute atomic E-state index is 0.0773. The second kappa shape index (κ2) is 7.67. The number of benzene rings is 2. The number of ketones is 1. The number of rotatable bonds is 3. The van der Waals surface area contributed by atoms with Crippen LogP contribution in [-0.2, 0) is 9.59 Å². The summed E-state index contributed by atoms with van der Waals surface area (Å²) in [4.78, 5) is 27.4. The van der Waals surface area contributed by atoms with Gasteiger partial charge >= 0.3 is 0 Å².